The zero-order valence-corrected chi connectivity index (χ0v) is 12.5. The summed E-state index contributed by atoms with van der Waals surface area (Å²) in [6.45, 7) is 8.55. The van der Waals surface area contributed by atoms with Gasteiger partial charge in [0.05, 0.1) is 5.60 Å². The van der Waals surface area contributed by atoms with Crippen molar-refractivity contribution in [1.29, 1.82) is 0 Å². The summed E-state index contributed by atoms with van der Waals surface area (Å²) in [4.78, 5) is 0. The van der Waals surface area contributed by atoms with Gasteiger partial charge in [0, 0.05) is 19.7 Å². The third-order valence-corrected chi connectivity index (χ3v) is 7.16. The molecule has 0 aromatic carbocycles. The molecule has 3 aliphatic rings. The van der Waals surface area contributed by atoms with E-state index in [0.29, 0.717) is 16.9 Å². The van der Waals surface area contributed by atoms with Crippen LogP contribution in [0.2, 0.25) is 0 Å². The summed E-state index contributed by atoms with van der Waals surface area (Å²) in [6, 6.07) is 0.707. The van der Waals surface area contributed by atoms with Crippen molar-refractivity contribution in [3.8, 4) is 0 Å². The standard InChI is InChI=1S/C16H29NO/c1-14(2)12-6-9-15(14,3)13(10-12)17-11-16(18-4)7-5-8-16/h12-13,17H,5-11H2,1-4H3. The summed E-state index contributed by atoms with van der Waals surface area (Å²) in [5, 5.41) is 3.88. The van der Waals surface area contributed by atoms with Gasteiger partial charge in [0.2, 0.25) is 0 Å². The molecule has 0 aromatic rings. The Morgan fingerprint density at radius 2 is 1.89 bits per heavy atom. The van der Waals surface area contributed by atoms with Gasteiger partial charge in [0.15, 0.2) is 0 Å². The van der Waals surface area contributed by atoms with E-state index in [1.165, 1.54) is 38.5 Å². The largest absolute Gasteiger partial charge is 0.377 e. The van der Waals surface area contributed by atoms with Gasteiger partial charge >= 0.3 is 0 Å². The highest BCUT2D eigenvalue weighted by molar-refractivity contribution is 5.13. The van der Waals surface area contributed by atoms with E-state index >= 15 is 0 Å². The van der Waals surface area contributed by atoms with Crippen LogP contribution in [0.3, 0.4) is 0 Å². The molecular formula is C16H29NO. The lowest BCUT2D eigenvalue weighted by Crippen LogP contribution is -2.53. The summed E-state index contributed by atoms with van der Waals surface area (Å²) in [6.07, 6.45) is 8.05. The molecule has 3 fully saturated rings. The summed E-state index contributed by atoms with van der Waals surface area (Å²) in [7, 11) is 1.88. The first-order valence-electron chi connectivity index (χ1n) is 7.72. The third-order valence-electron chi connectivity index (χ3n) is 7.16. The molecule has 3 atom stereocenters. The Balaban J connectivity index is 1.65. The molecular weight excluding hydrogens is 222 g/mol. The van der Waals surface area contributed by atoms with E-state index in [0.717, 1.165) is 12.5 Å². The molecule has 0 radical (unpaired) electrons. The molecule has 0 aromatic heterocycles. The summed E-state index contributed by atoms with van der Waals surface area (Å²) in [5.74, 6) is 0.930. The minimum absolute atomic E-state index is 0.169. The second kappa shape index (κ2) is 3.96. The van der Waals surface area contributed by atoms with Crippen LogP contribution in [0.25, 0.3) is 0 Å². The van der Waals surface area contributed by atoms with Crippen LogP contribution in [-0.4, -0.2) is 25.3 Å². The molecule has 0 aliphatic heterocycles. The van der Waals surface area contributed by atoms with Crippen LogP contribution in [0.1, 0.15) is 59.3 Å². The zero-order chi connectivity index (χ0) is 13.0. The van der Waals surface area contributed by atoms with Crippen molar-refractivity contribution in [2.24, 2.45) is 16.7 Å². The van der Waals surface area contributed by atoms with Gasteiger partial charge in [-0.3, -0.25) is 0 Å². The summed E-state index contributed by atoms with van der Waals surface area (Å²) < 4.78 is 5.74. The van der Waals surface area contributed by atoms with Gasteiger partial charge in [0.1, 0.15) is 0 Å². The third kappa shape index (κ3) is 1.54. The van der Waals surface area contributed by atoms with E-state index in [4.69, 9.17) is 4.74 Å². The van der Waals surface area contributed by atoms with Gasteiger partial charge in [-0.2, -0.15) is 0 Å². The van der Waals surface area contributed by atoms with Crippen molar-refractivity contribution in [3.05, 3.63) is 0 Å². The van der Waals surface area contributed by atoms with E-state index in [1.54, 1.807) is 0 Å². The number of hydrogen-bond acceptors (Lipinski definition) is 2. The monoisotopic (exact) mass is 251 g/mol. The molecule has 0 spiro atoms. The van der Waals surface area contributed by atoms with Gasteiger partial charge in [-0.05, 0) is 55.3 Å². The Labute approximate surface area is 112 Å². The van der Waals surface area contributed by atoms with E-state index in [2.05, 4.69) is 26.1 Å². The number of ether oxygens (including phenoxy) is 1. The summed E-state index contributed by atoms with van der Waals surface area (Å²) >= 11 is 0. The lowest BCUT2D eigenvalue weighted by Gasteiger charge is -2.44. The molecule has 1 N–H and O–H groups in total. The quantitative estimate of drug-likeness (QED) is 0.827. The topological polar surface area (TPSA) is 21.3 Å². The Hall–Kier alpha value is -0.0800. The van der Waals surface area contributed by atoms with Crippen molar-refractivity contribution < 1.29 is 4.74 Å². The van der Waals surface area contributed by atoms with Crippen LogP contribution in [0, 0.1) is 16.7 Å². The highest BCUT2D eigenvalue weighted by atomic mass is 16.5. The Morgan fingerprint density at radius 1 is 1.17 bits per heavy atom. The Kier molecular flexibility index (Phi) is 2.84. The van der Waals surface area contributed by atoms with Crippen LogP contribution in [0.4, 0.5) is 0 Å². The number of hydrogen-bond donors (Lipinski definition) is 1. The molecule has 104 valence electrons. The lowest BCUT2D eigenvalue weighted by molar-refractivity contribution is -0.0736. The van der Waals surface area contributed by atoms with E-state index in [1.807, 2.05) is 7.11 Å². The molecule has 0 amide bonds. The maximum Gasteiger partial charge on any atom is 0.0802 e. The van der Waals surface area contributed by atoms with Crippen molar-refractivity contribution in [1.82, 2.24) is 5.32 Å². The molecule has 3 unspecified atom stereocenters. The Morgan fingerprint density at radius 3 is 2.28 bits per heavy atom. The molecule has 3 saturated carbocycles. The molecule has 18 heavy (non-hydrogen) atoms. The minimum atomic E-state index is 0.169. The van der Waals surface area contributed by atoms with Crippen LogP contribution in [0.5, 0.6) is 0 Å². The Bertz CT molecular complexity index is 328. The normalized spacial score (nSPS) is 44.0. The first-order chi connectivity index (χ1) is 8.44. The average Bonchev–Trinajstić information content (AvgIpc) is 2.61. The summed E-state index contributed by atoms with van der Waals surface area (Å²) in [5.41, 5.74) is 1.18. The number of rotatable bonds is 4. The molecule has 0 heterocycles. The van der Waals surface area contributed by atoms with Gasteiger partial charge in [-0.15, -0.1) is 0 Å². The van der Waals surface area contributed by atoms with E-state index < -0.39 is 0 Å². The molecule has 2 nitrogen and oxygen atoms in total. The fourth-order valence-electron chi connectivity index (χ4n) is 4.85. The van der Waals surface area contributed by atoms with Gasteiger partial charge in [-0.1, -0.05) is 20.8 Å². The van der Waals surface area contributed by atoms with Crippen LogP contribution < -0.4 is 5.32 Å². The van der Waals surface area contributed by atoms with Gasteiger partial charge in [0.25, 0.3) is 0 Å². The second-order valence-corrected chi connectivity index (χ2v) is 7.78. The van der Waals surface area contributed by atoms with Crippen LogP contribution >= 0.6 is 0 Å². The van der Waals surface area contributed by atoms with Crippen molar-refractivity contribution in [3.63, 3.8) is 0 Å². The smallest absolute Gasteiger partial charge is 0.0802 e. The number of nitrogens with one attached hydrogen (secondary N) is 1. The first-order valence-corrected chi connectivity index (χ1v) is 7.72. The first kappa shape index (κ1) is 12.9. The minimum Gasteiger partial charge on any atom is -0.377 e. The molecule has 0 saturated heterocycles. The van der Waals surface area contributed by atoms with Crippen molar-refractivity contribution in [2.75, 3.05) is 13.7 Å². The van der Waals surface area contributed by atoms with Gasteiger partial charge < -0.3 is 10.1 Å². The molecule has 3 aliphatic carbocycles. The van der Waals surface area contributed by atoms with Crippen molar-refractivity contribution >= 4 is 0 Å². The number of fused-ring (bicyclic) bond motifs is 2. The van der Waals surface area contributed by atoms with Crippen molar-refractivity contribution in [2.45, 2.75) is 70.9 Å². The SMILES string of the molecule is COC1(CNC2CC3CCC2(C)C3(C)C)CCC1. The molecule has 2 heteroatoms. The molecule has 2 bridgehead atoms. The predicted molar refractivity (Wildman–Crippen MR) is 74.6 cm³/mol. The fraction of sp³-hybridized carbons (Fsp3) is 1.00. The predicted octanol–water partition coefficient (Wildman–Crippen LogP) is 3.36. The fourth-order valence-corrected chi connectivity index (χ4v) is 4.85. The van der Waals surface area contributed by atoms with E-state index in [-0.39, 0.29) is 5.60 Å². The van der Waals surface area contributed by atoms with Gasteiger partial charge in [-0.25, -0.2) is 0 Å². The van der Waals surface area contributed by atoms with Crippen LogP contribution in [0.15, 0.2) is 0 Å². The van der Waals surface area contributed by atoms with E-state index in [9.17, 15) is 0 Å². The lowest BCUT2D eigenvalue weighted by atomic mass is 9.69. The highest BCUT2D eigenvalue weighted by Gasteiger charge is 2.61. The maximum atomic E-state index is 5.74. The average molecular weight is 251 g/mol. The maximum absolute atomic E-state index is 5.74. The highest BCUT2D eigenvalue weighted by Crippen LogP contribution is 2.65. The zero-order valence-electron chi connectivity index (χ0n) is 12.5. The number of methoxy groups -OCH3 is 1. The second-order valence-electron chi connectivity index (χ2n) is 7.78. The molecule has 3 rings (SSSR count). The van der Waals surface area contributed by atoms with Crippen LogP contribution in [-0.2, 0) is 4.74 Å².